The molecule has 2 aromatic rings. The highest BCUT2D eigenvalue weighted by Gasteiger charge is 2.13. The van der Waals surface area contributed by atoms with Crippen LogP contribution in [0.2, 0.25) is 5.02 Å². The van der Waals surface area contributed by atoms with Crippen molar-refractivity contribution in [3.05, 3.63) is 58.6 Å². The van der Waals surface area contributed by atoms with E-state index < -0.39 is 0 Å². The van der Waals surface area contributed by atoms with Crippen LogP contribution in [0.3, 0.4) is 0 Å². The number of hydrogen-bond acceptors (Lipinski definition) is 2. The number of rotatable bonds is 6. The first-order valence-corrected chi connectivity index (χ1v) is 7.87. The molecule has 0 bridgehead atoms. The monoisotopic (exact) mass is 302 g/mol. The van der Waals surface area contributed by atoms with Crippen molar-refractivity contribution < 1.29 is 0 Å². The molecule has 0 atom stereocenters. The first kappa shape index (κ1) is 15.9. The Kier molecular flexibility index (Phi) is 5.66. The van der Waals surface area contributed by atoms with Gasteiger partial charge in [0.15, 0.2) is 0 Å². The fourth-order valence-corrected chi connectivity index (χ4v) is 2.75. The third kappa shape index (κ3) is 3.78. The van der Waals surface area contributed by atoms with Gasteiger partial charge in [0.1, 0.15) is 0 Å². The molecule has 21 heavy (non-hydrogen) atoms. The third-order valence-corrected chi connectivity index (χ3v) is 3.86. The summed E-state index contributed by atoms with van der Waals surface area (Å²) in [5.41, 5.74) is 4.98. The van der Waals surface area contributed by atoms with Gasteiger partial charge in [0.2, 0.25) is 0 Å². The Balaban J connectivity index is 2.44. The average molecular weight is 303 g/mol. The SMILES string of the molecule is CCNCc1cc(Cl)ccc1N(CC)c1ccccc1C. The fourth-order valence-electron chi connectivity index (χ4n) is 2.56. The molecule has 0 amide bonds. The Morgan fingerprint density at radius 2 is 1.81 bits per heavy atom. The van der Waals surface area contributed by atoms with E-state index in [0.717, 1.165) is 24.7 Å². The van der Waals surface area contributed by atoms with Crippen molar-refractivity contribution >= 4 is 23.0 Å². The zero-order valence-corrected chi connectivity index (χ0v) is 13.7. The van der Waals surface area contributed by atoms with E-state index in [1.54, 1.807) is 0 Å². The summed E-state index contributed by atoms with van der Waals surface area (Å²) in [6.07, 6.45) is 0. The molecule has 1 N–H and O–H groups in total. The highest BCUT2D eigenvalue weighted by molar-refractivity contribution is 6.30. The summed E-state index contributed by atoms with van der Waals surface area (Å²) in [5.74, 6) is 0. The fraction of sp³-hybridized carbons (Fsp3) is 0.333. The van der Waals surface area contributed by atoms with Gasteiger partial charge in [0.05, 0.1) is 0 Å². The lowest BCUT2D eigenvalue weighted by molar-refractivity contribution is 0.725. The second-order valence-electron chi connectivity index (χ2n) is 5.08. The first-order chi connectivity index (χ1) is 10.2. The minimum absolute atomic E-state index is 0.785. The molecule has 0 radical (unpaired) electrons. The van der Waals surface area contributed by atoms with E-state index >= 15 is 0 Å². The Hall–Kier alpha value is -1.51. The number of halogens is 1. The van der Waals surface area contributed by atoms with Gasteiger partial charge in [-0.2, -0.15) is 0 Å². The minimum atomic E-state index is 0.785. The molecule has 0 fully saturated rings. The first-order valence-electron chi connectivity index (χ1n) is 7.49. The standard InChI is InChI=1S/C18H23ClN2/c1-4-20-13-15-12-16(19)10-11-18(15)21(5-2)17-9-7-6-8-14(17)3/h6-12,20H,4-5,13H2,1-3H3. The molecule has 0 aromatic heterocycles. The number of benzene rings is 2. The van der Waals surface area contributed by atoms with Gasteiger partial charge in [0, 0.05) is 29.5 Å². The molecule has 112 valence electrons. The van der Waals surface area contributed by atoms with Crippen LogP contribution in [0, 0.1) is 6.92 Å². The largest absolute Gasteiger partial charge is 0.341 e. The van der Waals surface area contributed by atoms with Crippen LogP contribution >= 0.6 is 11.6 Å². The lowest BCUT2D eigenvalue weighted by atomic mass is 10.1. The summed E-state index contributed by atoms with van der Waals surface area (Å²) < 4.78 is 0. The van der Waals surface area contributed by atoms with Crippen LogP contribution in [0.25, 0.3) is 0 Å². The van der Waals surface area contributed by atoms with Crippen molar-refractivity contribution in [1.29, 1.82) is 0 Å². The Labute approximate surface area is 132 Å². The van der Waals surface area contributed by atoms with Crippen molar-refractivity contribution in [2.24, 2.45) is 0 Å². The number of aryl methyl sites for hydroxylation is 1. The average Bonchev–Trinajstić information content (AvgIpc) is 2.49. The van der Waals surface area contributed by atoms with Gasteiger partial charge in [-0.3, -0.25) is 0 Å². The van der Waals surface area contributed by atoms with Crippen LogP contribution in [0.5, 0.6) is 0 Å². The molecule has 0 aliphatic heterocycles. The molecule has 0 aliphatic carbocycles. The summed E-state index contributed by atoms with van der Waals surface area (Å²) in [7, 11) is 0. The third-order valence-electron chi connectivity index (χ3n) is 3.62. The van der Waals surface area contributed by atoms with Crippen LogP contribution in [0.15, 0.2) is 42.5 Å². The van der Waals surface area contributed by atoms with Gasteiger partial charge < -0.3 is 10.2 Å². The maximum Gasteiger partial charge on any atom is 0.0457 e. The van der Waals surface area contributed by atoms with Crippen LogP contribution in [0.1, 0.15) is 25.0 Å². The van der Waals surface area contributed by atoms with E-state index in [1.807, 2.05) is 6.07 Å². The van der Waals surface area contributed by atoms with Gasteiger partial charge in [0.25, 0.3) is 0 Å². The predicted octanol–water partition coefficient (Wildman–Crippen LogP) is 4.92. The molecule has 3 heteroatoms. The highest BCUT2D eigenvalue weighted by atomic mass is 35.5. The molecule has 0 saturated heterocycles. The molecular formula is C18H23ClN2. The smallest absolute Gasteiger partial charge is 0.0457 e. The van der Waals surface area contributed by atoms with Crippen molar-refractivity contribution in [3.63, 3.8) is 0 Å². The van der Waals surface area contributed by atoms with E-state index in [-0.39, 0.29) is 0 Å². The van der Waals surface area contributed by atoms with Gasteiger partial charge in [-0.1, -0.05) is 36.7 Å². The van der Waals surface area contributed by atoms with E-state index in [1.165, 1.54) is 22.5 Å². The Morgan fingerprint density at radius 1 is 1.05 bits per heavy atom. The highest BCUT2D eigenvalue weighted by Crippen LogP contribution is 2.32. The maximum atomic E-state index is 6.17. The van der Waals surface area contributed by atoms with Crippen molar-refractivity contribution in [1.82, 2.24) is 5.32 Å². The van der Waals surface area contributed by atoms with E-state index in [4.69, 9.17) is 11.6 Å². The van der Waals surface area contributed by atoms with Crippen molar-refractivity contribution in [2.75, 3.05) is 18.0 Å². The molecule has 2 nitrogen and oxygen atoms in total. The van der Waals surface area contributed by atoms with E-state index in [2.05, 4.69) is 67.4 Å². The van der Waals surface area contributed by atoms with E-state index in [0.29, 0.717) is 0 Å². The summed E-state index contributed by atoms with van der Waals surface area (Å²) in [6, 6.07) is 14.6. The maximum absolute atomic E-state index is 6.17. The van der Waals surface area contributed by atoms with Gasteiger partial charge in [-0.25, -0.2) is 0 Å². The van der Waals surface area contributed by atoms with Crippen molar-refractivity contribution in [3.8, 4) is 0 Å². The zero-order chi connectivity index (χ0) is 15.2. The summed E-state index contributed by atoms with van der Waals surface area (Å²) in [4.78, 5) is 2.35. The summed E-state index contributed by atoms with van der Waals surface area (Å²) >= 11 is 6.17. The number of nitrogens with zero attached hydrogens (tertiary/aromatic N) is 1. The van der Waals surface area contributed by atoms with Crippen molar-refractivity contribution in [2.45, 2.75) is 27.3 Å². The molecule has 2 aromatic carbocycles. The molecule has 2 rings (SSSR count). The van der Waals surface area contributed by atoms with Gasteiger partial charge >= 0.3 is 0 Å². The number of hydrogen-bond donors (Lipinski definition) is 1. The number of nitrogens with one attached hydrogen (secondary N) is 1. The molecule has 0 spiro atoms. The van der Waals surface area contributed by atoms with Gasteiger partial charge in [-0.05, 0) is 55.8 Å². The normalized spacial score (nSPS) is 10.7. The topological polar surface area (TPSA) is 15.3 Å². The quantitative estimate of drug-likeness (QED) is 0.815. The second kappa shape index (κ2) is 7.48. The second-order valence-corrected chi connectivity index (χ2v) is 5.52. The molecule has 0 unspecified atom stereocenters. The number of anilines is 2. The lowest BCUT2D eigenvalue weighted by Crippen LogP contribution is -2.21. The number of para-hydroxylation sites is 1. The molecule has 0 saturated carbocycles. The summed E-state index contributed by atoms with van der Waals surface area (Å²) in [5, 5.41) is 4.18. The van der Waals surface area contributed by atoms with Gasteiger partial charge in [-0.15, -0.1) is 0 Å². The van der Waals surface area contributed by atoms with Crippen LogP contribution < -0.4 is 10.2 Å². The van der Waals surface area contributed by atoms with Crippen LogP contribution in [-0.2, 0) is 6.54 Å². The zero-order valence-electron chi connectivity index (χ0n) is 13.0. The van der Waals surface area contributed by atoms with Crippen LogP contribution in [-0.4, -0.2) is 13.1 Å². The summed E-state index contributed by atoms with van der Waals surface area (Å²) in [6.45, 7) is 9.14. The predicted molar refractivity (Wildman–Crippen MR) is 92.7 cm³/mol. The van der Waals surface area contributed by atoms with Crippen LogP contribution in [0.4, 0.5) is 11.4 Å². The minimum Gasteiger partial charge on any atom is -0.341 e. The Morgan fingerprint density at radius 3 is 2.48 bits per heavy atom. The lowest BCUT2D eigenvalue weighted by Gasteiger charge is -2.27. The van der Waals surface area contributed by atoms with E-state index in [9.17, 15) is 0 Å². The molecule has 0 heterocycles. The molecule has 0 aliphatic rings. The molecular weight excluding hydrogens is 280 g/mol. The Bertz CT molecular complexity index is 596.